The topological polar surface area (TPSA) is 66.4 Å². The molecule has 0 aromatic carbocycles. The summed E-state index contributed by atoms with van der Waals surface area (Å²) in [5.41, 5.74) is -0.744. The van der Waals surface area contributed by atoms with E-state index in [1.165, 1.54) is 0 Å². The van der Waals surface area contributed by atoms with E-state index < -0.39 is 11.4 Å². The summed E-state index contributed by atoms with van der Waals surface area (Å²) >= 11 is 1.63. The lowest BCUT2D eigenvalue weighted by atomic mass is 9.74. The third-order valence-electron chi connectivity index (χ3n) is 4.08. The van der Waals surface area contributed by atoms with Gasteiger partial charge in [0, 0.05) is 6.54 Å². The predicted octanol–water partition coefficient (Wildman–Crippen LogP) is 2.92. The number of aliphatic carboxylic acids is 1. The fourth-order valence-electron chi connectivity index (χ4n) is 2.80. The molecule has 0 heterocycles. The zero-order valence-electron chi connectivity index (χ0n) is 12.8. The molecule has 1 aliphatic carbocycles. The highest BCUT2D eigenvalue weighted by molar-refractivity contribution is 8.00. The highest BCUT2D eigenvalue weighted by atomic mass is 32.2. The minimum atomic E-state index is -0.762. The summed E-state index contributed by atoms with van der Waals surface area (Å²) in [5, 5.41) is 12.3. The first-order valence-corrected chi connectivity index (χ1v) is 8.60. The maximum absolute atomic E-state index is 12.3. The van der Waals surface area contributed by atoms with Crippen LogP contribution in [0.15, 0.2) is 0 Å². The number of nitrogens with one attached hydrogen (secondary N) is 1. The number of carbonyl (C=O) groups excluding carboxylic acids is 1. The molecular formula is C15H27NO3S. The molecule has 116 valence electrons. The number of amides is 1. The Bertz CT molecular complexity index is 338. The number of carboxylic acid groups (broad SMARTS) is 1. The lowest BCUT2D eigenvalue weighted by Crippen LogP contribution is -2.47. The van der Waals surface area contributed by atoms with Gasteiger partial charge < -0.3 is 10.4 Å². The number of thioether (sulfide) groups is 1. The van der Waals surface area contributed by atoms with Crippen molar-refractivity contribution in [2.75, 3.05) is 12.3 Å². The molecule has 0 aromatic heterocycles. The summed E-state index contributed by atoms with van der Waals surface area (Å²) in [7, 11) is 0. The molecule has 0 bridgehead atoms. The largest absolute Gasteiger partial charge is 0.481 e. The normalized spacial score (nSPS) is 19.6. The lowest BCUT2D eigenvalue weighted by molar-refractivity contribution is -0.151. The van der Waals surface area contributed by atoms with Crippen LogP contribution in [0.3, 0.4) is 0 Å². The molecule has 0 radical (unpaired) electrons. The number of rotatable bonds is 7. The molecule has 5 heteroatoms. The predicted molar refractivity (Wildman–Crippen MR) is 82.9 cm³/mol. The van der Waals surface area contributed by atoms with Crippen molar-refractivity contribution in [2.45, 2.75) is 58.1 Å². The summed E-state index contributed by atoms with van der Waals surface area (Å²) in [6, 6.07) is 0. The van der Waals surface area contributed by atoms with Crippen molar-refractivity contribution in [3.8, 4) is 0 Å². The van der Waals surface area contributed by atoms with Crippen LogP contribution in [0.1, 0.15) is 52.9 Å². The SMILES string of the molecule is CCSC(C(=O)NCC1(C(=O)O)CCCCC1)C(C)C. The van der Waals surface area contributed by atoms with E-state index in [1.807, 2.05) is 20.8 Å². The number of carboxylic acids is 1. The Morgan fingerprint density at radius 2 is 1.85 bits per heavy atom. The molecule has 1 unspecified atom stereocenters. The van der Waals surface area contributed by atoms with Gasteiger partial charge in [-0.1, -0.05) is 40.0 Å². The first-order chi connectivity index (χ1) is 9.43. The molecule has 4 nitrogen and oxygen atoms in total. The Morgan fingerprint density at radius 3 is 2.30 bits per heavy atom. The zero-order valence-corrected chi connectivity index (χ0v) is 13.6. The van der Waals surface area contributed by atoms with E-state index in [4.69, 9.17) is 0 Å². The van der Waals surface area contributed by atoms with Crippen LogP contribution in [0, 0.1) is 11.3 Å². The van der Waals surface area contributed by atoms with Crippen LogP contribution in [-0.2, 0) is 9.59 Å². The molecule has 20 heavy (non-hydrogen) atoms. The number of hydrogen-bond donors (Lipinski definition) is 2. The third kappa shape index (κ3) is 4.40. The van der Waals surface area contributed by atoms with Gasteiger partial charge in [0.25, 0.3) is 0 Å². The summed E-state index contributed by atoms with van der Waals surface area (Å²) in [6.45, 7) is 6.36. The van der Waals surface area contributed by atoms with E-state index in [9.17, 15) is 14.7 Å². The van der Waals surface area contributed by atoms with Crippen molar-refractivity contribution >= 4 is 23.6 Å². The molecule has 2 N–H and O–H groups in total. The number of carbonyl (C=O) groups is 2. The lowest BCUT2D eigenvalue weighted by Gasteiger charge is -2.33. The Labute approximate surface area is 126 Å². The average molecular weight is 301 g/mol. The van der Waals surface area contributed by atoms with Gasteiger partial charge in [-0.3, -0.25) is 9.59 Å². The average Bonchev–Trinajstić information content (AvgIpc) is 2.42. The molecule has 1 amide bonds. The van der Waals surface area contributed by atoms with Gasteiger partial charge >= 0.3 is 5.97 Å². The fourth-order valence-corrected chi connectivity index (χ4v) is 3.78. The van der Waals surface area contributed by atoms with E-state index in [0.717, 1.165) is 25.0 Å². The van der Waals surface area contributed by atoms with Crippen molar-refractivity contribution in [2.24, 2.45) is 11.3 Å². The Morgan fingerprint density at radius 1 is 1.25 bits per heavy atom. The van der Waals surface area contributed by atoms with E-state index in [2.05, 4.69) is 5.32 Å². The molecular weight excluding hydrogens is 274 g/mol. The first-order valence-electron chi connectivity index (χ1n) is 7.55. The van der Waals surface area contributed by atoms with Crippen LogP contribution in [0.5, 0.6) is 0 Å². The van der Waals surface area contributed by atoms with Crippen molar-refractivity contribution < 1.29 is 14.7 Å². The van der Waals surface area contributed by atoms with Gasteiger partial charge in [-0.25, -0.2) is 0 Å². The third-order valence-corrected chi connectivity index (χ3v) is 5.53. The maximum Gasteiger partial charge on any atom is 0.311 e. The van der Waals surface area contributed by atoms with E-state index >= 15 is 0 Å². The molecule has 1 atom stereocenters. The van der Waals surface area contributed by atoms with Crippen LogP contribution >= 0.6 is 11.8 Å². The minimum absolute atomic E-state index is 0.0157. The maximum atomic E-state index is 12.3. The Hall–Kier alpha value is -0.710. The first kappa shape index (κ1) is 17.3. The Balaban J connectivity index is 2.62. The molecule has 1 saturated carbocycles. The van der Waals surface area contributed by atoms with Crippen LogP contribution in [0.4, 0.5) is 0 Å². The molecule has 0 aromatic rings. The highest BCUT2D eigenvalue weighted by Crippen LogP contribution is 2.36. The van der Waals surface area contributed by atoms with Gasteiger partial charge in [0.2, 0.25) is 5.91 Å². The molecule has 1 rings (SSSR count). The number of hydrogen-bond acceptors (Lipinski definition) is 3. The molecule has 1 aliphatic rings. The smallest absolute Gasteiger partial charge is 0.311 e. The van der Waals surface area contributed by atoms with Crippen LogP contribution in [0.25, 0.3) is 0 Å². The molecule has 0 spiro atoms. The quantitative estimate of drug-likeness (QED) is 0.759. The van der Waals surface area contributed by atoms with Gasteiger partial charge in [-0.15, -0.1) is 11.8 Å². The van der Waals surface area contributed by atoms with Crippen molar-refractivity contribution in [3.05, 3.63) is 0 Å². The zero-order chi connectivity index (χ0) is 15.2. The second-order valence-corrected chi connectivity index (χ2v) is 7.40. The van der Waals surface area contributed by atoms with Crippen LogP contribution in [0.2, 0.25) is 0 Å². The molecule has 0 saturated heterocycles. The van der Waals surface area contributed by atoms with Gasteiger partial charge in [0.1, 0.15) is 0 Å². The minimum Gasteiger partial charge on any atom is -0.481 e. The summed E-state index contributed by atoms with van der Waals surface area (Å²) in [6.07, 6.45) is 4.34. The van der Waals surface area contributed by atoms with E-state index in [1.54, 1.807) is 11.8 Å². The summed E-state index contributed by atoms with van der Waals surface area (Å²) < 4.78 is 0. The molecule has 0 aliphatic heterocycles. The summed E-state index contributed by atoms with van der Waals surface area (Å²) in [5.74, 6) is 0.368. The van der Waals surface area contributed by atoms with Gasteiger partial charge in [-0.2, -0.15) is 0 Å². The van der Waals surface area contributed by atoms with E-state index in [-0.39, 0.29) is 23.6 Å². The van der Waals surface area contributed by atoms with Gasteiger partial charge in [0.05, 0.1) is 10.7 Å². The monoisotopic (exact) mass is 301 g/mol. The Kier molecular flexibility index (Phi) is 6.86. The summed E-state index contributed by atoms with van der Waals surface area (Å²) in [4.78, 5) is 23.8. The van der Waals surface area contributed by atoms with Crippen LogP contribution in [-0.4, -0.2) is 34.5 Å². The standard InChI is InChI=1S/C15H27NO3S/c1-4-20-12(11(2)3)13(17)16-10-15(14(18)19)8-6-5-7-9-15/h11-12H,4-10H2,1-3H3,(H,16,17)(H,18,19). The fraction of sp³-hybridized carbons (Fsp3) is 0.867. The van der Waals surface area contributed by atoms with Crippen LogP contribution < -0.4 is 5.32 Å². The van der Waals surface area contributed by atoms with Gasteiger partial charge in [-0.05, 0) is 24.5 Å². The van der Waals surface area contributed by atoms with Crippen molar-refractivity contribution in [1.29, 1.82) is 0 Å². The van der Waals surface area contributed by atoms with Crippen molar-refractivity contribution in [1.82, 2.24) is 5.32 Å². The van der Waals surface area contributed by atoms with Gasteiger partial charge in [0.15, 0.2) is 0 Å². The second-order valence-electron chi connectivity index (χ2n) is 5.98. The second kappa shape index (κ2) is 7.91. The van der Waals surface area contributed by atoms with Crippen molar-refractivity contribution in [3.63, 3.8) is 0 Å². The van der Waals surface area contributed by atoms with E-state index in [0.29, 0.717) is 12.8 Å². The highest BCUT2D eigenvalue weighted by Gasteiger charge is 2.40. The molecule has 1 fully saturated rings.